The molecule has 0 aliphatic heterocycles. The minimum atomic E-state index is -0.396. The summed E-state index contributed by atoms with van der Waals surface area (Å²) < 4.78 is 6.36. The van der Waals surface area contributed by atoms with Gasteiger partial charge in [-0.15, -0.1) is 11.3 Å². The summed E-state index contributed by atoms with van der Waals surface area (Å²) in [6, 6.07) is 10.5. The van der Waals surface area contributed by atoms with Crippen molar-refractivity contribution in [2.24, 2.45) is 28.6 Å². The Morgan fingerprint density at radius 2 is 1.92 bits per heavy atom. The number of benzene rings is 1. The monoisotopic (exact) mass is 502 g/mol. The third-order valence-corrected chi connectivity index (χ3v) is 10.0. The van der Waals surface area contributed by atoms with Gasteiger partial charge in [-0.3, -0.25) is 14.4 Å². The molecule has 1 aromatic carbocycles. The Labute approximate surface area is 217 Å². The van der Waals surface area contributed by atoms with Crippen LogP contribution in [0.5, 0.6) is 0 Å². The zero-order valence-electron chi connectivity index (χ0n) is 21.3. The van der Waals surface area contributed by atoms with Crippen molar-refractivity contribution in [1.29, 1.82) is 0 Å². The first-order valence-corrected chi connectivity index (χ1v) is 13.8. The predicted octanol–water partition coefficient (Wildman–Crippen LogP) is 6.86. The number of carbonyl (C=O) groups is 3. The van der Waals surface area contributed by atoms with Crippen molar-refractivity contribution in [3.05, 3.63) is 71.2 Å². The second-order valence-corrected chi connectivity index (χ2v) is 12.0. The summed E-state index contributed by atoms with van der Waals surface area (Å²) in [4.78, 5) is 35.7. The van der Waals surface area contributed by atoms with Crippen molar-refractivity contribution in [2.75, 3.05) is 6.61 Å². The lowest BCUT2D eigenvalue weighted by Gasteiger charge is -2.52. The summed E-state index contributed by atoms with van der Waals surface area (Å²) in [7, 11) is 0. The molecule has 188 valence electrons. The van der Waals surface area contributed by atoms with Gasteiger partial charge >= 0.3 is 5.97 Å². The fourth-order valence-corrected chi connectivity index (χ4v) is 8.02. The fraction of sp³-hybridized carbons (Fsp3) is 0.452. The highest BCUT2D eigenvalue weighted by atomic mass is 32.1. The first-order chi connectivity index (χ1) is 17.2. The Hall–Kier alpha value is -2.79. The number of hydrogen-bond donors (Lipinski definition) is 0. The molecule has 5 unspecified atom stereocenters. The average Bonchev–Trinajstić information content (AvgIpc) is 3.47. The molecule has 4 nitrogen and oxygen atoms in total. The van der Waals surface area contributed by atoms with Crippen LogP contribution in [0.4, 0.5) is 0 Å². The van der Waals surface area contributed by atoms with Crippen LogP contribution in [0.1, 0.15) is 52.9 Å². The molecule has 1 aromatic heterocycles. The van der Waals surface area contributed by atoms with E-state index in [-0.39, 0.29) is 34.9 Å². The second-order valence-electron chi connectivity index (χ2n) is 11.1. The molecule has 0 bridgehead atoms. The van der Waals surface area contributed by atoms with E-state index in [1.165, 1.54) is 28.2 Å². The van der Waals surface area contributed by atoms with Gasteiger partial charge in [-0.25, -0.2) is 0 Å². The maximum Gasteiger partial charge on any atom is 0.303 e. The molecule has 4 aliphatic rings. The van der Waals surface area contributed by atoms with Crippen LogP contribution in [0.2, 0.25) is 0 Å². The third kappa shape index (κ3) is 4.32. The van der Waals surface area contributed by atoms with Crippen molar-refractivity contribution in [2.45, 2.75) is 52.9 Å². The topological polar surface area (TPSA) is 60.4 Å². The maximum atomic E-state index is 12.7. The second kappa shape index (κ2) is 9.59. The highest BCUT2D eigenvalue weighted by molar-refractivity contribution is 7.17. The molecular formula is C31H34O4S. The highest BCUT2D eigenvalue weighted by Crippen LogP contribution is 2.63. The average molecular weight is 503 g/mol. The van der Waals surface area contributed by atoms with E-state index in [0.717, 1.165) is 32.1 Å². The molecule has 0 N–H and O–H groups in total. The van der Waals surface area contributed by atoms with E-state index in [4.69, 9.17) is 4.74 Å². The van der Waals surface area contributed by atoms with Gasteiger partial charge in [-0.2, -0.15) is 0 Å². The predicted molar refractivity (Wildman–Crippen MR) is 144 cm³/mol. The molecule has 0 spiro atoms. The number of thiophene rings is 1. The van der Waals surface area contributed by atoms with Crippen LogP contribution in [0.15, 0.2) is 71.2 Å². The van der Waals surface area contributed by atoms with E-state index in [0.29, 0.717) is 11.8 Å². The molecule has 6 rings (SSSR count). The number of ether oxygens (including phenoxy) is 1. The lowest BCUT2D eigenvalue weighted by atomic mass is 9.52. The van der Waals surface area contributed by atoms with E-state index in [9.17, 15) is 14.4 Å². The van der Waals surface area contributed by atoms with Gasteiger partial charge in [0.15, 0.2) is 11.6 Å². The molecule has 1 heterocycles. The molecule has 0 amide bonds. The molecule has 2 aromatic rings. The maximum absolute atomic E-state index is 12.7. The van der Waals surface area contributed by atoms with Gasteiger partial charge < -0.3 is 4.74 Å². The third-order valence-electron chi connectivity index (χ3n) is 9.11. The molecule has 2 fully saturated rings. The zero-order valence-corrected chi connectivity index (χ0v) is 22.1. The standard InChI is InChI=1S/C23H28O4.C8H6S/c1-14(24)27-13-21(26)20-7-6-18-17-5-4-15-12-16(25)8-10-22(15,2)19(17)9-11-23(18,20)3;1-2-4-8-7(3-1)5-6-9-8/h8-10,12,17-18,20H,4-7,11,13H2,1-3H3;1-6H. The van der Waals surface area contributed by atoms with Crippen LogP contribution >= 0.6 is 11.3 Å². The minimum absolute atomic E-state index is 0.0344. The lowest BCUT2D eigenvalue weighted by molar-refractivity contribution is -0.148. The highest BCUT2D eigenvalue weighted by Gasteiger charge is 2.56. The lowest BCUT2D eigenvalue weighted by Crippen LogP contribution is -2.45. The van der Waals surface area contributed by atoms with Crippen LogP contribution in [0.3, 0.4) is 0 Å². The number of hydrogen-bond acceptors (Lipinski definition) is 5. The molecular weight excluding hydrogens is 468 g/mol. The summed E-state index contributed by atoms with van der Waals surface area (Å²) in [6.07, 6.45) is 12.8. The summed E-state index contributed by atoms with van der Waals surface area (Å²) in [5.41, 5.74) is 2.48. The van der Waals surface area contributed by atoms with Crippen LogP contribution in [0.25, 0.3) is 10.1 Å². The Kier molecular flexibility index (Phi) is 6.63. The van der Waals surface area contributed by atoms with Crippen LogP contribution in [0, 0.1) is 28.6 Å². The normalized spacial score (nSPS) is 32.3. The molecule has 5 atom stereocenters. The number of ketones is 2. The van der Waals surface area contributed by atoms with E-state index < -0.39 is 5.97 Å². The number of Topliss-reactive ketones (excluding diaryl/α,β-unsaturated/α-hetero) is 1. The van der Waals surface area contributed by atoms with Crippen molar-refractivity contribution in [3.8, 4) is 0 Å². The number of esters is 1. The summed E-state index contributed by atoms with van der Waals surface area (Å²) in [6.45, 7) is 5.74. The fourth-order valence-electron chi connectivity index (χ4n) is 7.23. The summed E-state index contributed by atoms with van der Waals surface area (Å²) in [5, 5.41) is 3.47. The van der Waals surface area contributed by atoms with Gasteiger partial charge in [0, 0.05) is 23.0 Å². The largest absolute Gasteiger partial charge is 0.458 e. The van der Waals surface area contributed by atoms with Gasteiger partial charge in [0.1, 0.15) is 6.61 Å². The first kappa shape index (κ1) is 24.9. The number of allylic oxidation sites excluding steroid dienone is 6. The molecule has 36 heavy (non-hydrogen) atoms. The Bertz CT molecular complexity index is 1270. The van der Waals surface area contributed by atoms with Gasteiger partial charge in [-0.05, 0) is 91.3 Å². The Balaban J connectivity index is 0.000000247. The van der Waals surface area contributed by atoms with E-state index in [1.54, 1.807) is 17.4 Å². The SMILES string of the molecule is CC(=O)OCC(=O)C1CCC2C3CCC4=CC(=O)C=CC4(C)C3=CCC12C.c1ccc2sccc2c1. The number of rotatable bonds is 3. The van der Waals surface area contributed by atoms with Gasteiger partial charge in [0.25, 0.3) is 0 Å². The summed E-state index contributed by atoms with van der Waals surface area (Å²) in [5.74, 6) is 0.681. The Morgan fingerprint density at radius 1 is 1.11 bits per heavy atom. The Morgan fingerprint density at radius 3 is 2.69 bits per heavy atom. The van der Waals surface area contributed by atoms with E-state index in [1.807, 2.05) is 6.08 Å². The van der Waals surface area contributed by atoms with Crippen molar-refractivity contribution >= 4 is 39.0 Å². The molecule has 5 heteroatoms. The molecule has 0 saturated heterocycles. The first-order valence-electron chi connectivity index (χ1n) is 13.0. The summed E-state index contributed by atoms with van der Waals surface area (Å²) >= 11 is 1.79. The van der Waals surface area contributed by atoms with Crippen LogP contribution in [-0.4, -0.2) is 24.1 Å². The number of fused-ring (bicyclic) bond motifs is 6. The van der Waals surface area contributed by atoms with E-state index in [2.05, 4.69) is 61.7 Å². The van der Waals surface area contributed by atoms with Gasteiger partial charge in [0.2, 0.25) is 0 Å². The number of carbonyl (C=O) groups excluding carboxylic acids is 3. The van der Waals surface area contributed by atoms with Crippen LogP contribution < -0.4 is 0 Å². The van der Waals surface area contributed by atoms with Crippen molar-refractivity contribution in [3.63, 3.8) is 0 Å². The smallest absolute Gasteiger partial charge is 0.303 e. The van der Waals surface area contributed by atoms with E-state index >= 15 is 0 Å². The molecule has 2 saturated carbocycles. The van der Waals surface area contributed by atoms with Crippen molar-refractivity contribution in [1.82, 2.24) is 0 Å². The molecule has 0 radical (unpaired) electrons. The van der Waals surface area contributed by atoms with Gasteiger partial charge in [0.05, 0.1) is 0 Å². The van der Waals surface area contributed by atoms with Crippen LogP contribution in [-0.2, 0) is 19.1 Å². The zero-order chi connectivity index (χ0) is 25.5. The quantitative estimate of drug-likeness (QED) is 0.340. The minimum Gasteiger partial charge on any atom is -0.458 e. The van der Waals surface area contributed by atoms with Crippen molar-refractivity contribution < 1.29 is 19.1 Å². The van der Waals surface area contributed by atoms with Gasteiger partial charge in [-0.1, -0.05) is 48.4 Å². The molecule has 4 aliphatic carbocycles.